The third-order valence-electron chi connectivity index (χ3n) is 4.95. The fourth-order valence-electron chi connectivity index (χ4n) is 3.29. The molecule has 28 heavy (non-hydrogen) atoms. The summed E-state index contributed by atoms with van der Waals surface area (Å²) in [4.78, 5) is 12.7. The Balaban J connectivity index is 1.83. The Morgan fingerprint density at radius 2 is 1.96 bits per heavy atom. The van der Waals surface area contributed by atoms with Gasteiger partial charge in [-0.15, -0.1) is 10.2 Å². The third kappa shape index (κ3) is 3.20. The second-order valence-electron chi connectivity index (χ2n) is 8.12. The van der Waals surface area contributed by atoms with Crippen LogP contribution in [0.2, 0.25) is 0 Å². The lowest BCUT2D eigenvalue weighted by Crippen LogP contribution is -2.39. The molecule has 2 atom stereocenters. The van der Waals surface area contributed by atoms with E-state index >= 15 is 0 Å². The van der Waals surface area contributed by atoms with Crippen molar-refractivity contribution in [3.63, 3.8) is 0 Å². The van der Waals surface area contributed by atoms with E-state index in [1.165, 1.54) is 4.80 Å². The number of fused-ring (bicyclic) bond motifs is 1. The fraction of sp³-hybridized carbons (Fsp3) is 0.647. The minimum atomic E-state index is -0.619. The number of anilines is 1. The third-order valence-corrected chi connectivity index (χ3v) is 4.95. The smallest absolute Gasteiger partial charge is 0.207 e. The zero-order valence-electron chi connectivity index (χ0n) is 16.4. The van der Waals surface area contributed by atoms with Gasteiger partial charge in [-0.25, -0.2) is 14.6 Å². The van der Waals surface area contributed by atoms with Gasteiger partial charge in [-0.2, -0.15) is 4.80 Å². The summed E-state index contributed by atoms with van der Waals surface area (Å²) in [5.41, 5.74) is 1.99. The molecule has 4 heterocycles. The summed E-state index contributed by atoms with van der Waals surface area (Å²) in [7, 11) is 0. The molecule has 1 saturated heterocycles. The molecule has 0 amide bonds. The van der Waals surface area contributed by atoms with Crippen molar-refractivity contribution < 1.29 is 14.8 Å². The van der Waals surface area contributed by atoms with Gasteiger partial charge in [0.05, 0.1) is 18.8 Å². The lowest BCUT2D eigenvalue weighted by molar-refractivity contribution is 0.128. The highest BCUT2D eigenvalue weighted by Gasteiger charge is 2.36. The van der Waals surface area contributed by atoms with Gasteiger partial charge < -0.3 is 15.1 Å². The van der Waals surface area contributed by atoms with Crippen LogP contribution in [0, 0.1) is 6.92 Å². The summed E-state index contributed by atoms with van der Waals surface area (Å²) in [5, 5.41) is 36.7. The molecule has 1 aliphatic rings. The van der Waals surface area contributed by atoms with Gasteiger partial charge in [0.25, 0.3) is 0 Å². The molecular weight excluding hydrogens is 364 g/mol. The zero-order chi connectivity index (χ0) is 20.1. The minimum absolute atomic E-state index is 0.171. The Morgan fingerprint density at radius 1 is 1.18 bits per heavy atom. The van der Waals surface area contributed by atoms with Crippen LogP contribution in [0.5, 0.6) is 0 Å². The van der Waals surface area contributed by atoms with Gasteiger partial charge in [0.2, 0.25) is 5.65 Å². The summed E-state index contributed by atoms with van der Waals surface area (Å²) in [6, 6.07) is -0.432. The van der Waals surface area contributed by atoms with Crippen LogP contribution in [0.1, 0.15) is 44.4 Å². The van der Waals surface area contributed by atoms with Crippen molar-refractivity contribution in [2.45, 2.75) is 58.2 Å². The maximum absolute atomic E-state index is 10.2. The summed E-state index contributed by atoms with van der Waals surface area (Å²) in [5.74, 6) is 1.20. The molecule has 0 aliphatic carbocycles. The van der Waals surface area contributed by atoms with Crippen molar-refractivity contribution in [2.24, 2.45) is 0 Å². The first-order chi connectivity index (χ1) is 13.3. The topological polar surface area (TPSA) is 139 Å². The first-order valence-electron chi connectivity index (χ1n) is 9.25. The average molecular weight is 388 g/mol. The number of nitrogens with zero attached hydrogens (tertiary/aromatic N) is 8. The summed E-state index contributed by atoms with van der Waals surface area (Å²) >= 11 is 0. The first-order valence-corrected chi connectivity index (χ1v) is 9.25. The molecule has 0 radical (unpaired) electrons. The molecule has 1 fully saturated rings. The second kappa shape index (κ2) is 6.74. The molecular formula is C17H24N8O3. The van der Waals surface area contributed by atoms with Crippen molar-refractivity contribution in [2.75, 3.05) is 18.1 Å². The molecule has 2 N–H and O–H groups in total. The highest BCUT2D eigenvalue weighted by Crippen LogP contribution is 2.31. The van der Waals surface area contributed by atoms with E-state index in [0.29, 0.717) is 53.7 Å². The minimum Gasteiger partial charge on any atom is -0.394 e. The number of hydrogen-bond donors (Lipinski definition) is 2. The van der Waals surface area contributed by atoms with Crippen LogP contribution in [0.15, 0.2) is 4.63 Å². The van der Waals surface area contributed by atoms with Gasteiger partial charge in [0.1, 0.15) is 23.8 Å². The van der Waals surface area contributed by atoms with Gasteiger partial charge in [0, 0.05) is 12.0 Å². The predicted octanol–water partition coefficient (Wildman–Crippen LogP) is 0.190. The number of aliphatic hydroxyl groups excluding tert-OH is 2. The Kier molecular flexibility index (Phi) is 4.50. The number of rotatable bonds is 4. The van der Waals surface area contributed by atoms with Gasteiger partial charge in [-0.3, -0.25) is 0 Å². The lowest BCUT2D eigenvalue weighted by atomic mass is 9.96. The van der Waals surface area contributed by atoms with Crippen molar-refractivity contribution in [3.05, 3.63) is 17.2 Å². The predicted molar refractivity (Wildman–Crippen MR) is 98.8 cm³/mol. The lowest BCUT2D eigenvalue weighted by Gasteiger charge is -2.27. The largest absolute Gasteiger partial charge is 0.394 e. The maximum atomic E-state index is 10.2. The van der Waals surface area contributed by atoms with Crippen LogP contribution in [0.25, 0.3) is 11.2 Å². The Bertz CT molecular complexity index is 992. The molecule has 3 aromatic rings. The summed E-state index contributed by atoms with van der Waals surface area (Å²) in [6.45, 7) is 8.56. The van der Waals surface area contributed by atoms with E-state index in [4.69, 9.17) is 9.61 Å². The Hall–Kier alpha value is -2.66. The van der Waals surface area contributed by atoms with E-state index in [0.717, 1.165) is 0 Å². The standard InChI is InChI=1S/C17H24N8O3/c1-9-10(23-28-22-9)7-25-20-13-14(21-25)18-16(17(2,3)4)19-15(13)24-6-5-12(27)11(24)8-26/h11-12,26-27H,5-8H2,1-4H3/t11-,12?/m0/s1. The highest BCUT2D eigenvalue weighted by molar-refractivity contribution is 5.83. The van der Waals surface area contributed by atoms with Crippen LogP contribution in [0.4, 0.5) is 5.82 Å². The van der Waals surface area contributed by atoms with Crippen molar-refractivity contribution in [1.82, 2.24) is 35.3 Å². The van der Waals surface area contributed by atoms with Crippen molar-refractivity contribution >= 4 is 17.0 Å². The van der Waals surface area contributed by atoms with E-state index in [9.17, 15) is 10.2 Å². The molecule has 0 bridgehead atoms. The van der Waals surface area contributed by atoms with Crippen LogP contribution < -0.4 is 4.90 Å². The quantitative estimate of drug-likeness (QED) is 0.636. The molecule has 4 rings (SSSR count). The van der Waals surface area contributed by atoms with E-state index < -0.39 is 12.1 Å². The number of aliphatic hydroxyl groups is 2. The van der Waals surface area contributed by atoms with Gasteiger partial charge in [-0.05, 0) is 13.3 Å². The van der Waals surface area contributed by atoms with Crippen LogP contribution >= 0.6 is 0 Å². The molecule has 11 nitrogen and oxygen atoms in total. The van der Waals surface area contributed by atoms with E-state index in [-0.39, 0.29) is 12.0 Å². The second-order valence-corrected chi connectivity index (χ2v) is 8.12. The first kappa shape index (κ1) is 18.7. The number of aromatic nitrogens is 7. The molecule has 11 heteroatoms. The molecule has 1 unspecified atom stereocenters. The SMILES string of the molecule is Cc1nonc1Cn1nc2nc(C(C)(C)C)nc(N3CCC(O)[C@@H]3CO)c2n1. The van der Waals surface area contributed by atoms with E-state index in [2.05, 4.69) is 25.5 Å². The van der Waals surface area contributed by atoms with Crippen LogP contribution in [0.3, 0.4) is 0 Å². The summed E-state index contributed by atoms with van der Waals surface area (Å²) < 4.78 is 4.74. The molecule has 150 valence electrons. The van der Waals surface area contributed by atoms with Gasteiger partial charge >= 0.3 is 0 Å². The molecule has 0 aromatic carbocycles. The van der Waals surface area contributed by atoms with E-state index in [1.807, 2.05) is 25.7 Å². The Morgan fingerprint density at radius 3 is 2.61 bits per heavy atom. The monoisotopic (exact) mass is 388 g/mol. The molecule has 3 aromatic heterocycles. The zero-order valence-corrected chi connectivity index (χ0v) is 16.4. The van der Waals surface area contributed by atoms with Crippen LogP contribution in [-0.4, -0.2) is 70.8 Å². The van der Waals surface area contributed by atoms with Crippen molar-refractivity contribution in [1.29, 1.82) is 0 Å². The maximum Gasteiger partial charge on any atom is 0.207 e. The molecule has 0 spiro atoms. The van der Waals surface area contributed by atoms with Crippen LogP contribution in [-0.2, 0) is 12.0 Å². The average Bonchev–Trinajstić information content (AvgIpc) is 3.32. The van der Waals surface area contributed by atoms with Gasteiger partial charge in [-0.1, -0.05) is 31.1 Å². The fourth-order valence-corrected chi connectivity index (χ4v) is 3.29. The molecule has 0 saturated carbocycles. The van der Waals surface area contributed by atoms with E-state index in [1.54, 1.807) is 6.92 Å². The number of aryl methyl sites for hydroxylation is 1. The van der Waals surface area contributed by atoms with Crippen molar-refractivity contribution in [3.8, 4) is 0 Å². The Labute approximate surface area is 161 Å². The number of hydrogen-bond acceptors (Lipinski definition) is 10. The normalized spacial score (nSPS) is 20.4. The van der Waals surface area contributed by atoms with Gasteiger partial charge in [0.15, 0.2) is 11.3 Å². The molecule has 1 aliphatic heterocycles. The summed E-state index contributed by atoms with van der Waals surface area (Å²) in [6.07, 6.45) is -0.0634. The highest BCUT2D eigenvalue weighted by atomic mass is 16.6.